The van der Waals surface area contributed by atoms with Gasteiger partial charge in [-0.05, 0) is 24.8 Å². The Bertz CT molecular complexity index is 712. The van der Waals surface area contributed by atoms with Crippen LogP contribution in [-0.2, 0) is 14.8 Å². The predicted octanol–water partition coefficient (Wildman–Crippen LogP) is 0.185. The normalized spacial score (nSPS) is 23.8. The number of hydrogen-bond acceptors (Lipinski definition) is 6. The van der Waals surface area contributed by atoms with Gasteiger partial charge in [0.1, 0.15) is 0 Å². The Morgan fingerprint density at radius 2 is 1.96 bits per heavy atom. The number of carbonyl (C=O) groups is 1. The fourth-order valence-corrected chi connectivity index (χ4v) is 3.99. The van der Waals surface area contributed by atoms with Gasteiger partial charge in [0.2, 0.25) is 21.9 Å². The summed E-state index contributed by atoms with van der Waals surface area (Å²) in [6.07, 6.45) is 6.92. The zero-order valence-corrected chi connectivity index (χ0v) is 15.5. The molecular weight excluding hydrogens is 342 g/mol. The van der Waals surface area contributed by atoms with Gasteiger partial charge in [0.05, 0.1) is 6.26 Å². The minimum Gasteiger partial charge on any atom is -0.338 e. The second kappa shape index (κ2) is 7.25. The van der Waals surface area contributed by atoms with Gasteiger partial charge in [-0.1, -0.05) is 0 Å². The van der Waals surface area contributed by atoms with E-state index in [1.807, 2.05) is 4.90 Å². The zero-order chi connectivity index (χ0) is 18.0. The van der Waals surface area contributed by atoms with E-state index in [0.29, 0.717) is 11.9 Å². The molecule has 2 atom stereocenters. The lowest BCUT2D eigenvalue weighted by atomic mass is 9.95. The van der Waals surface area contributed by atoms with E-state index in [4.69, 9.17) is 0 Å². The lowest BCUT2D eigenvalue weighted by molar-refractivity contribution is -0.135. The molecule has 0 spiro atoms. The summed E-state index contributed by atoms with van der Waals surface area (Å²) in [5, 5.41) is 0. The molecular formula is C16H25N5O3S. The second-order valence-corrected chi connectivity index (χ2v) is 9.02. The molecule has 3 aliphatic heterocycles. The summed E-state index contributed by atoms with van der Waals surface area (Å²) >= 11 is 0. The molecule has 0 unspecified atom stereocenters. The lowest BCUT2D eigenvalue weighted by Crippen LogP contribution is -2.48. The summed E-state index contributed by atoms with van der Waals surface area (Å²) in [5.41, 5.74) is 0. The highest BCUT2D eigenvalue weighted by Crippen LogP contribution is 2.29. The maximum Gasteiger partial charge on any atom is 0.225 e. The standard InChI is InChI=1S/C16H25N5O3S/c1-19(25(2,23)24)9-6-15(22)21-11-13-4-5-14(21)12-20(10-13)16-17-7-3-8-18-16/h3,7-8,13-14H,4-6,9-12H2,1-2H3/t13-,14+/m0/s1. The SMILES string of the molecule is CN(CCC(=O)N1C[C@H]2CC[C@@H]1CN(c1ncccn1)C2)S(C)(=O)=O. The van der Waals surface area contributed by atoms with Gasteiger partial charge in [0, 0.05) is 58.1 Å². The van der Waals surface area contributed by atoms with Crippen LogP contribution in [0, 0.1) is 5.92 Å². The molecule has 0 aromatic carbocycles. The molecule has 0 aliphatic carbocycles. The molecule has 2 bridgehead atoms. The molecule has 0 radical (unpaired) electrons. The molecule has 4 heterocycles. The molecule has 25 heavy (non-hydrogen) atoms. The molecule has 1 aromatic heterocycles. The molecule has 0 N–H and O–H groups in total. The van der Waals surface area contributed by atoms with Crippen molar-refractivity contribution in [2.75, 3.05) is 44.4 Å². The highest BCUT2D eigenvalue weighted by molar-refractivity contribution is 7.88. The van der Waals surface area contributed by atoms with E-state index < -0.39 is 10.0 Å². The van der Waals surface area contributed by atoms with Crippen molar-refractivity contribution in [3.63, 3.8) is 0 Å². The molecule has 0 saturated carbocycles. The lowest BCUT2D eigenvalue weighted by Gasteiger charge is -2.36. The number of aromatic nitrogens is 2. The number of rotatable bonds is 5. The van der Waals surface area contributed by atoms with Crippen molar-refractivity contribution in [2.45, 2.75) is 25.3 Å². The summed E-state index contributed by atoms with van der Waals surface area (Å²) in [7, 11) is -1.75. The molecule has 8 nitrogen and oxygen atoms in total. The third kappa shape index (κ3) is 4.27. The van der Waals surface area contributed by atoms with Crippen LogP contribution in [0.4, 0.5) is 5.95 Å². The quantitative estimate of drug-likeness (QED) is 0.738. The Morgan fingerprint density at radius 3 is 2.64 bits per heavy atom. The molecule has 3 aliphatic rings. The predicted molar refractivity (Wildman–Crippen MR) is 94.6 cm³/mol. The number of sulfonamides is 1. The molecule has 1 amide bonds. The van der Waals surface area contributed by atoms with Crippen LogP contribution in [0.5, 0.6) is 0 Å². The first kappa shape index (κ1) is 18.1. The van der Waals surface area contributed by atoms with Crippen LogP contribution in [0.3, 0.4) is 0 Å². The van der Waals surface area contributed by atoms with Gasteiger partial charge in [-0.3, -0.25) is 4.79 Å². The average molecular weight is 367 g/mol. The zero-order valence-electron chi connectivity index (χ0n) is 14.7. The molecule has 3 fully saturated rings. The van der Waals surface area contributed by atoms with Crippen molar-refractivity contribution in [1.29, 1.82) is 0 Å². The van der Waals surface area contributed by atoms with Crippen molar-refractivity contribution in [3.05, 3.63) is 18.5 Å². The number of carbonyl (C=O) groups excluding carboxylic acids is 1. The van der Waals surface area contributed by atoms with Gasteiger partial charge in [-0.15, -0.1) is 0 Å². The second-order valence-electron chi connectivity index (χ2n) is 6.93. The van der Waals surface area contributed by atoms with Gasteiger partial charge in [-0.2, -0.15) is 0 Å². The van der Waals surface area contributed by atoms with Crippen LogP contribution in [0.2, 0.25) is 0 Å². The number of hydrogen-bond donors (Lipinski definition) is 0. The van der Waals surface area contributed by atoms with Crippen molar-refractivity contribution in [1.82, 2.24) is 19.2 Å². The molecule has 3 saturated heterocycles. The van der Waals surface area contributed by atoms with E-state index in [2.05, 4.69) is 14.9 Å². The van der Waals surface area contributed by atoms with Crippen LogP contribution in [0.25, 0.3) is 0 Å². The average Bonchev–Trinajstić information content (AvgIpc) is 2.91. The van der Waals surface area contributed by atoms with Crippen molar-refractivity contribution < 1.29 is 13.2 Å². The fourth-order valence-electron chi connectivity index (χ4n) is 3.57. The number of anilines is 1. The molecule has 4 rings (SSSR count). The Morgan fingerprint density at radius 1 is 1.24 bits per heavy atom. The van der Waals surface area contributed by atoms with E-state index in [0.717, 1.165) is 38.7 Å². The van der Waals surface area contributed by atoms with Crippen LogP contribution >= 0.6 is 0 Å². The molecule has 1 aromatic rings. The van der Waals surface area contributed by atoms with Gasteiger partial charge in [0.15, 0.2) is 0 Å². The maximum atomic E-state index is 12.7. The largest absolute Gasteiger partial charge is 0.338 e. The van der Waals surface area contributed by atoms with E-state index in [1.54, 1.807) is 18.5 Å². The number of amides is 1. The number of fused-ring (bicyclic) bond motifs is 4. The summed E-state index contributed by atoms with van der Waals surface area (Å²) in [5.74, 6) is 1.14. The Balaban J connectivity index is 1.65. The Labute approximate surface area is 148 Å². The number of piperidine rings is 1. The summed E-state index contributed by atoms with van der Waals surface area (Å²) in [6.45, 7) is 2.54. The van der Waals surface area contributed by atoms with Crippen LogP contribution in [0.15, 0.2) is 18.5 Å². The van der Waals surface area contributed by atoms with Crippen molar-refractivity contribution >= 4 is 21.9 Å². The third-order valence-electron chi connectivity index (χ3n) is 5.08. The van der Waals surface area contributed by atoms with Gasteiger partial charge < -0.3 is 9.80 Å². The van der Waals surface area contributed by atoms with Gasteiger partial charge in [0.25, 0.3) is 0 Å². The first-order valence-corrected chi connectivity index (χ1v) is 10.4. The highest BCUT2D eigenvalue weighted by Gasteiger charge is 2.37. The van der Waals surface area contributed by atoms with E-state index >= 15 is 0 Å². The smallest absolute Gasteiger partial charge is 0.225 e. The minimum atomic E-state index is -3.25. The fraction of sp³-hybridized carbons (Fsp3) is 0.688. The van der Waals surface area contributed by atoms with Crippen molar-refractivity contribution in [3.8, 4) is 0 Å². The topological polar surface area (TPSA) is 86.7 Å². The maximum absolute atomic E-state index is 12.7. The third-order valence-corrected chi connectivity index (χ3v) is 6.39. The molecule has 9 heteroatoms. The summed E-state index contributed by atoms with van der Waals surface area (Å²) in [6, 6.07) is 1.93. The molecule has 138 valence electrons. The Kier molecular flexibility index (Phi) is 5.24. The van der Waals surface area contributed by atoms with Crippen LogP contribution in [0.1, 0.15) is 19.3 Å². The van der Waals surface area contributed by atoms with Gasteiger partial charge >= 0.3 is 0 Å². The van der Waals surface area contributed by atoms with E-state index in [-0.39, 0.29) is 24.9 Å². The first-order valence-electron chi connectivity index (χ1n) is 8.57. The van der Waals surface area contributed by atoms with Crippen molar-refractivity contribution in [2.24, 2.45) is 5.92 Å². The van der Waals surface area contributed by atoms with Crippen LogP contribution in [-0.4, -0.2) is 79.0 Å². The minimum absolute atomic E-state index is 0.0287. The summed E-state index contributed by atoms with van der Waals surface area (Å²) < 4.78 is 24.2. The highest BCUT2D eigenvalue weighted by atomic mass is 32.2. The van der Waals surface area contributed by atoms with Gasteiger partial charge in [-0.25, -0.2) is 22.7 Å². The van der Waals surface area contributed by atoms with E-state index in [1.165, 1.54) is 11.4 Å². The monoisotopic (exact) mass is 367 g/mol. The Hall–Kier alpha value is -1.74. The number of nitrogens with zero attached hydrogens (tertiary/aromatic N) is 5. The van der Waals surface area contributed by atoms with E-state index in [9.17, 15) is 13.2 Å². The summed E-state index contributed by atoms with van der Waals surface area (Å²) in [4.78, 5) is 25.4. The first-order chi connectivity index (χ1) is 11.8. The van der Waals surface area contributed by atoms with Crippen LogP contribution < -0.4 is 4.90 Å².